The van der Waals surface area contributed by atoms with E-state index in [4.69, 9.17) is 15.2 Å². The molecule has 124 valence electrons. The van der Waals surface area contributed by atoms with Gasteiger partial charge < -0.3 is 20.5 Å². The minimum absolute atomic E-state index is 0.404. The molecule has 0 fully saturated rings. The topological polar surface area (TPSA) is 68.9 Å². The van der Waals surface area contributed by atoms with Gasteiger partial charge in [0.25, 0.3) is 0 Å². The molecule has 0 spiro atoms. The second kappa shape index (κ2) is 9.92. The van der Waals surface area contributed by atoms with Crippen molar-refractivity contribution >= 4 is 11.6 Å². The Bertz CT molecular complexity index is 475. The number of rotatable bonds is 9. The van der Waals surface area contributed by atoms with E-state index in [9.17, 15) is 0 Å². The number of unbranched alkanes of at least 4 members (excludes halogenated alkanes) is 1. The van der Waals surface area contributed by atoms with Crippen LogP contribution in [-0.2, 0) is 0 Å². The summed E-state index contributed by atoms with van der Waals surface area (Å²) in [7, 11) is 3.25. The van der Waals surface area contributed by atoms with Gasteiger partial charge in [-0.3, -0.25) is 4.99 Å². The number of aliphatic imine (C=N–C) groups is 1. The fourth-order valence-corrected chi connectivity index (χ4v) is 2.23. The number of ether oxygens (including phenoxy) is 2. The zero-order valence-corrected chi connectivity index (χ0v) is 14.2. The number of guanidine groups is 1. The highest BCUT2D eigenvalue weighted by molar-refractivity contribution is 5.94. The Balaban J connectivity index is 2.70. The van der Waals surface area contributed by atoms with Gasteiger partial charge in [-0.2, -0.15) is 0 Å². The number of nitrogens with zero attached hydrogens (tertiary/aromatic N) is 1. The SMILES string of the molecule is CCCCC(CC)CN=C(N)Nc1cc(OC)ccc1OC. The first kappa shape index (κ1) is 18.1. The van der Waals surface area contributed by atoms with Gasteiger partial charge in [0.2, 0.25) is 0 Å². The molecule has 22 heavy (non-hydrogen) atoms. The van der Waals surface area contributed by atoms with Gasteiger partial charge in [-0.05, 0) is 24.5 Å². The second-order valence-corrected chi connectivity index (χ2v) is 5.33. The van der Waals surface area contributed by atoms with Crippen LogP contribution in [0.4, 0.5) is 5.69 Å². The third kappa shape index (κ3) is 5.84. The van der Waals surface area contributed by atoms with Crippen molar-refractivity contribution in [1.82, 2.24) is 0 Å². The summed E-state index contributed by atoms with van der Waals surface area (Å²) in [5, 5.41) is 3.09. The second-order valence-electron chi connectivity index (χ2n) is 5.33. The molecule has 0 aliphatic heterocycles. The molecule has 1 rings (SSSR count). The van der Waals surface area contributed by atoms with Crippen molar-refractivity contribution in [2.24, 2.45) is 16.6 Å². The van der Waals surface area contributed by atoms with Gasteiger partial charge in [0.05, 0.1) is 19.9 Å². The molecule has 0 bridgehead atoms. The zero-order chi connectivity index (χ0) is 16.4. The van der Waals surface area contributed by atoms with Crippen LogP contribution >= 0.6 is 0 Å². The van der Waals surface area contributed by atoms with Crippen molar-refractivity contribution in [2.75, 3.05) is 26.1 Å². The fraction of sp³-hybridized carbons (Fsp3) is 0.588. The fourth-order valence-electron chi connectivity index (χ4n) is 2.23. The predicted octanol–water partition coefficient (Wildman–Crippen LogP) is 3.65. The van der Waals surface area contributed by atoms with Crippen molar-refractivity contribution in [1.29, 1.82) is 0 Å². The van der Waals surface area contributed by atoms with E-state index in [1.807, 2.05) is 18.2 Å². The summed E-state index contributed by atoms with van der Waals surface area (Å²) in [4.78, 5) is 4.46. The van der Waals surface area contributed by atoms with Crippen LogP contribution in [-0.4, -0.2) is 26.7 Å². The van der Waals surface area contributed by atoms with E-state index < -0.39 is 0 Å². The Hall–Kier alpha value is -1.91. The lowest BCUT2D eigenvalue weighted by molar-refractivity contribution is 0.405. The monoisotopic (exact) mass is 307 g/mol. The number of methoxy groups -OCH3 is 2. The third-order valence-electron chi connectivity index (χ3n) is 3.73. The van der Waals surface area contributed by atoms with Gasteiger partial charge >= 0.3 is 0 Å². The largest absolute Gasteiger partial charge is 0.497 e. The highest BCUT2D eigenvalue weighted by Gasteiger charge is 2.08. The third-order valence-corrected chi connectivity index (χ3v) is 3.73. The summed E-state index contributed by atoms with van der Waals surface area (Å²) in [5.41, 5.74) is 6.75. The molecule has 0 saturated heterocycles. The van der Waals surface area contributed by atoms with E-state index in [2.05, 4.69) is 24.2 Å². The molecule has 0 aromatic heterocycles. The normalized spacial score (nSPS) is 12.8. The lowest BCUT2D eigenvalue weighted by atomic mass is 10.00. The van der Waals surface area contributed by atoms with Crippen LogP contribution in [0, 0.1) is 5.92 Å². The Kier molecular flexibility index (Phi) is 8.18. The lowest BCUT2D eigenvalue weighted by Crippen LogP contribution is -2.24. The summed E-state index contributed by atoms with van der Waals surface area (Å²) >= 11 is 0. The Labute approximate surface area is 133 Å². The number of hydrogen-bond donors (Lipinski definition) is 2. The van der Waals surface area contributed by atoms with Gasteiger partial charge in [-0.25, -0.2) is 0 Å². The summed E-state index contributed by atoms with van der Waals surface area (Å²) in [5.74, 6) is 2.44. The molecule has 1 aromatic carbocycles. The van der Waals surface area contributed by atoms with Crippen LogP contribution in [0.15, 0.2) is 23.2 Å². The van der Waals surface area contributed by atoms with Crippen LogP contribution in [0.3, 0.4) is 0 Å². The molecular formula is C17H29N3O2. The van der Waals surface area contributed by atoms with Gasteiger partial charge in [0, 0.05) is 12.6 Å². The van der Waals surface area contributed by atoms with Gasteiger partial charge in [0.15, 0.2) is 5.96 Å². The lowest BCUT2D eigenvalue weighted by Gasteiger charge is -2.14. The molecule has 0 radical (unpaired) electrons. The van der Waals surface area contributed by atoms with E-state index in [0.717, 1.165) is 24.4 Å². The smallest absolute Gasteiger partial charge is 0.193 e. The maximum atomic E-state index is 6.00. The molecule has 0 saturated carbocycles. The summed E-state index contributed by atoms with van der Waals surface area (Å²) in [6.07, 6.45) is 4.78. The van der Waals surface area contributed by atoms with Crippen molar-refractivity contribution in [3.05, 3.63) is 18.2 Å². The number of benzene rings is 1. The maximum absolute atomic E-state index is 6.00. The van der Waals surface area contributed by atoms with Crippen LogP contribution in [0.5, 0.6) is 11.5 Å². The molecule has 0 amide bonds. The van der Waals surface area contributed by atoms with E-state index in [0.29, 0.717) is 17.6 Å². The van der Waals surface area contributed by atoms with Gasteiger partial charge in [-0.15, -0.1) is 0 Å². The number of hydrogen-bond acceptors (Lipinski definition) is 3. The molecule has 1 aromatic rings. The Morgan fingerprint density at radius 2 is 2.05 bits per heavy atom. The van der Waals surface area contributed by atoms with Crippen molar-refractivity contribution in [3.63, 3.8) is 0 Å². The minimum Gasteiger partial charge on any atom is -0.497 e. The number of nitrogens with two attached hydrogens (primary N) is 1. The van der Waals surface area contributed by atoms with Gasteiger partial charge in [0.1, 0.15) is 11.5 Å². The van der Waals surface area contributed by atoms with Crippen LogP contribution in [0.2, 0.25) is 0 Å². The number of nitrogens with one attached hydrogen (secondary N) is 1. The number of anilines is 1. The molecule has 0 aliphatic rings. The zero-order valence-electron chi connectivity index (χ0n) is 14.2. The Morgan fingerprint density at radius 3 is 2.64 bits per heavy atom. The molecule has 5 nitrogen and oxygen atoms in total. The average Bonchev–Trinajstić information content (AvgIpc) is 2.54. The summed E-state index contributed by atoms with van der Waals surface area (Å²) in [6.45, 7) is 5.16. The van der Waals surface area contributed by atoms with Crippen molar-refractivity contribution < 1.29 is 9.47 Å². The summed E-state index contributed by atoms with van der Waals surface area (Å²) < 4.78 is 10.5. The standard InChI is InChI=1S/C17H29N3O2/c1-5-7-8-13(6-2)12-19-17(18)20-15-11-14(21-3)9-10-16(15)22-4/h9-11,13H,5-8,12H2,1-4H3,(H3,18,19,20). The molecule has 5 heteroatoms. The first-order valence-electron chi connectivity index (χ1n) is 7.93. The van der Waals surface area contributed by atoms with E-state index >= 15 is 0 Å². The van der Waals surface area contributed by atoms with Gasteiger partial charge in [-0.1, -0.05) is 33.1 Å². The van der Waals surface area contributed by atoms with Crippen LogP contribution in [0.1, 0.15) is 39.5 Å². The first-order valence-corrected chi connectivity index (χ1v) is 7.93. The molecular weight excluding hydrogens is 278 g/mol. The maximum Gasteiger partial charge on any atom is 0.193 e. The first-order chi connectivity index (χ1) is 10.6. The van der Waals surface area contributed by atoms with Crippen molar-refractivity contribution in [2.45, 2.75) is 39.5 Å². The predicted molar refractivity (Wildman–Crippen MR) is 93.0 cm³/mol. The highest BCUT2D eigenvalue weighted by atomic mass is 16.5. The average molecular weight is 307 g/mol. The minimum atomic E-state index is 0.404. The Morgan fingerprint density at radius 1 is 1.27 bits per heavy atom. The summed E-state index contributed by atoms with van der Waals surface area (Å²) in [6, 6.07) is 5.52. The van der Waals surface area contributed by atoms with Crippen LogP contribution in [0.25, 0.3) is 0 Å². The van der Waals surface area contributed by atoms with Crippen molar-refractivity contribution in [3.8, 4) is 11.5 Å². The molecule has 1 atom stereocenters. The van der Waals surface area contributed by atoms with Crippen LogP contribution < -0.4 is 20.5 Å². The molecule has 1 unspecified atom stereocenters. The molecule has 3 N–H and O–H groups in total. The van der Waals surface area contributed by atoms with E-state index in [-0.39, 0.29) is 0 Å². The van der Waals surface area contributed by atoms with E-state index in [1.54, 1.807) is 14.2 Å². The van der Waals surface area contributed by atoms with E-state index in [1.165, 1.54) is 19.3 Å². The molecule has 0 aliphatic carbocycles. The highest BCUT2D eigenvalue weighted by Crippen LogP contribution is 2.28. The quantitative estimate of drug-likeness (QED) is 0.540. The molecule has 0 heterocycles.